The third-order valence-electron chi connectivity index (χ3n) is 4.41. The van der Waals surface area contributed by atoms with Gasteiger partial charge in [-0.2, -0.15) is 5.26 Å². The van der Waals surface area contributed by atoms with Crippen LogP contribution in [0.2, 0.25) is 0 Å². The van der Waals surface area contributed by atoms with E-state index in [1.807, 2.05) is 13.0 Å². The number of nitrogens with one attached hydrogen (secondary N) is 1. The van der Waals surface area contributed by atoms with E-state index in [1.54, 1.807) is 50.2 Å². The van der Waals surface area contributed by atoms with Gasteiger partial charge in [-0.15, -0.1) is 0 Å². The smallest absolute Gasteiger partial charge is 0.313 e. The van der Waals surface area contributed by atoms with Gasteiger partial charge in [-0.3, -0.25) is 4.79 Å². The average molecular weight is 386 g/mol. The highest BCUT2D eigenvalue weighted by Crippen LogP contribution is 2.36. The van der Waals surface area contributed by atoms with Gasteiger partial charge in [0.25, 0.3) is 0 Å². The molecule has 0 spiro atoms. The topological polar surface area (TPSA) is 96.3 Å². The van der Waals surface area contributed by atoms with Crippen LogP contribution in [-0.4, -0.2) is 21.5 Å². The number of hydrogen-bond acceptors (Lipinski definition) is 5. The first-order valence-corrected chi connectivity index (χ1v) is 9.77. The molecule has 1 N–H and O–H groups in total. The minimum atomic E-state index is -3.89. The maximum absolute atomic E-state index is 12.9. The lowest BCUT2D eigenvalue weighted by Crippen LogP contribution is -2.43. The van der Waals surface area contributed by atoms with Crippen LogP contribution >= 0.6 is 0 Å². The fourth-order valence-corrected chi connectivity index (χ4v) is 4.08. The van der Waals surface area contributed by atoms with E-state index in [0.717, 1.165) is 5.56 Å². The summed E-state index contributed by atoms with van der Waals surface area (Å²) in [5, 5.41) is 8.98. The van der Waals surface area contributed by atoms with Crippen LogP contribution in [0.15, 0.2) is 53.4 Å². The second-order valence-electron chi connectivity index (χ2n) is 6.81. The Morgan fingerprint density at radius 1 is 1.11 bits per heavy atom. The minimum Gasteiger partial charge on any atom is -0.469 e. The van der Waals surface area contributed by atoms with Crippen molar-refractivity contribution in [2.24, 2.45) is 5.41 Å². The number of esters is 1. The van der Waals surface area contributed by atoms with Gasteiger partial charge in [0, 0.05) is 0 Å². The molecule has 1 unspecified atom stereocenters. The van der Waals surface area contributed by atoms with E-state index < -0.39 is 27.4 Å². The molecule has 27 heavy (non-hydrogen) atoms. The molecule has 2 rings (SSSR count). The Hall–Kier alpha value is -2.69. The number of ether oxygens (including phenoxy) is 1. The fraction of sp³-hybridized carbons (Fsp3) is 0.300. The average Bonchev–Trinajstić information content (AvgIpc) is 2.65. The molecule has 0 fully saturated rings. The summed E-state index contributed by atoms with van der Waals surface area (Å²) >= 11 is 0. The number of nitrogens with zero attached hydrogens (tertiary/aromatic N) is 1. The van der Waals surface area contributed by atoms with Gasteiger partial charge in [-0.05, 0) is 50.6 Å². The molecule has 142 valence electrons. The molecular formula is C20H22N2O4S. The van der Waals surface area contributed by atoms with Crippen LogP contribution in [-0.2, 0) is 19.6 Å². The predicted molar refractivity (Wildman–Crippen MR) is 101 cm³/mol. The molecule has 0 heterocycles. The Bertz CT molecular complexity index is 957. The van der Waals surface area contributed by atoms with Gasteiger partial charge >= 0.3 is 5.97 Å². The number of carbonyl (C=O) groups excluding carboxylic acids is 1. The molecule has 0 aliphatic heterocycles. The zero-order chi connectivity index (χ0) is 20.2. The van der Waals surface area contributed by atoms with Crippen LogP contribution in [0, 0.1) is 23.7 Å². The number of sulfonamides is 1. The van der Waals surface area contributed by atoms with Crippen LogP contribution in [0.1, 0.15) is 36.6 Å². The lowest BCUT2D eigenvalue weighted by Gasteiger charge is -2.32. The lowest BCUT2D eigenvalue weighted by atomic mass is 9.81. The van der Waals surface area contributed by atoms with E-state index in [9.17, 15) is 13.2 Å². The Balaban J connectivity index is 2.50. The van der Waals surface area contributed by atoms with Gasteiger partial charge < -0.3 is 4.74 Å². The molecule has 0 bridgehead atoms. The van der Waals surface area contributed by atoms with Gasteiger partial charge in [0.15, 0.2) is 0 Å². The standard InChI is InChI=1S/C20H22N2O4S/c1-14-5-11-17(12-6-14)27(24,25)22-18(20(2,3)19(23)26-4)16-9-7-15(13-21)8-10-16/h5-12,18,22H,1-4H3. The SMILES string of the molecule is COC(=O)C(C)(C)C(NS(=O)(=O)c1ccc(C)cc1)c1ccc(C#N)cc1. The molecule has 7 heteroatoms. The Kier molecular flexibility index (Phi) is 6.04. The molecule has 2 aromatic rings. The molecule has 6 nitrogen and oxygen atoms in total. The first kappa shape index (κ1) is 20.6. The number of nitriles is 1. The normalized spacial score (nSPS) is 12.9. The molecular weight excluding hydrogens is 364 g/mol. The van der Waals surface area contributed by atoms with Crippen molar-refractivity contribution in [1.82, 2.24) is 4.72 Å². The molecule has 1 atom stereocenters. The number of benzene rings is 2. The summed E-state index contributed by atoms with van der Waals surface area (Å²) in [6.07, 6.45) is 0. The largest absolute Gasteiger partial charge is 0.469 e. The highest BCUT2D eigenvalue weighted by molar-refractivity contribution is 7.89. The zero-order valence-corrected chi connectivity index (χ0v) is 16.5. The molecule has 0 aliphatic carbocycles. The fourth-order valence-electron chi connectivity index (χ4n) is 2.70. The van der Waals surface area contributed by atoms with Gasteiger partial charge in [0.2, 0.25) is 10.0 Å². The molecule has 0 amide bonds. The van der Waals surface area contributed by atoms with Gasteiger partial charge in [-0.1, -0.05) is 29.8 Å². The monoisotopic (exact) mass is 386 g/mol. The summed E-state index contributed by atoms with van der Waals surface area (Å²) in [4.78, 5) is 12.4. The summed E-state index contributed by atoms with van der Waals surface area (Å²) in [5.41, 5.74) is 0.753. The number of methoxy groups -OCH3 is 1. The third kappa shape index (κ3) is 4.54. The molecule has 0 aliphatic rings. The lowest BCUT2D eigenvalue weighted by molar-refractivity contribution is -0.152. The van der Waals surface area contributed by atoms with Crippen molar-refractivity contribution in [2.75, 3.05) is 7.11 Å². The summed E-state index contributed by atoms with van der Waals surface area (Å²) in [7, 11) is -2.63. The van der Waals surface area contributed by atoms with E-state index in [4.69, 9.17) is 10.00 Å². The first-order chi connectivity index (χ1) is 12.6. The Morgan fingerprint density at radius 3 is 2.15 bits per heavy atom. The zero-order valence-electron chi connectivity index (χ0n) is 15.7. The van der Waals surface area contributed by atoms with Crippen LogP contribution in [0.3, 0.4) is 0 Å². The van der Waals surface area contributed by atoms with Crippen molar-refractivity contribution in [2.45, 2.75) is 31.7 Å². The number of aryl methyl sites for hydroxylation is 1. The molecule has 2 aromatic carbocycles. The maximum Gasteiger partial charge on any atom is 0.313 e. The molecule has 0 radical (unpaired) electrons. The van der Waals surface area contributed by atoms with Crippen molar-refractivity contribution in [3.63, 3.8) is 0 Å². The molecule has 0 saturated heterocycles. The quantitative estimate of drug-likeness (QED) is 0.770. The maximum atomic E-state index is 12.9. The Labute approximate surface area is 159 Å². The van der Waals surface area contributed by atoms with E-state index in [0.29, 0.717) is 11.1 Å². The Morgan fingerprint density at radius 2 is 1.67 bits per heavy atom. The van der Waals surface area contributed by atoms with Crippen LogP contribution < -0.4 is 4.72 Å². The van der Waals surface area contributed by atoms with Crippen molar-refractivity contribution in [3.8, 4) is 6.07 Å². The summed E-state index contributed by atoms with van der Waals surface area (Å²) in [6, 6.07) is 14.0. The molecule has 0 aromatic heterocycles. The van der Waals surface area contributed by atoms with E-state index in [1.165, 1.54) is 19.2 Å². The third-order valence-corrected chi connectivity index (χ3v) is 5.85. The summed E-state index contributed by atoms with van der Waals surface area (Å²) in [6.45, 7) is 5.09. The van der Waals surface area contributed by atoms with Crippen LogP contribution in [0.25, 0.3) is 0 Å². The first-order valence-electron chi connectivity index (χ1n) is 8.29. The second-order valence-corrected chi connectivity index (χ2v) is 8.53. The van der Waals surface area contributed by atoms with Crippen molar-refractivity contribution >= 4 is 16.0 Å². The van der Waals surface area contributed by atoms with Gasteiger partial charge in [0.05, 0.1) is 35.1 Å². The summed E-state index contributed by atoms with van der Waals surface area (Å²) in [5.74, 6) is -0.552. The van der Waals surface area contributed by atoms with Crippen LogP contribution in [0.5, 0.6) is 0 Å². The number of hydrogen-bond donors (Lipinski definition) is 1. The second kappa shape index (κ2) is 7.91. The number of rotatable bonds is 6. The summed E-state index contributed by atoms with van der Waals surface area (Å²) < 4.78 is 33.3. The van der Waals surface area contributed by atoms with E-state index in [-0.39, 0.29) is 4.90 Å². The minimum absolute atomic E-state index is 0.104. The van der Waals surface area contributed by atoms with Crippen molar-refractivity contribution < 1.29 is 17.9 Å². The van der Waals surface area contributed by atoms with Crippen molar-refractivity contribution in [3.05, 3.63) is 65.2 Å². The highest BCUT2D eigenvalue weighted by atomic mass is 32.2. The van der Waals surface area contributed by atoms with Crippen molar-refractivity contribution in [1.29, 1.82) is 5.26 Å². The predicted octanol–water partition coefficient (Wildman–Crippen LogP) is 3.09. The van der Waals surface area contributed by atoms with E-state index in [2.05, 4.69) is 4.72 Å². The molecule has 0 saturated carbocycles. The van der Waals surface area contributed by atoms with Gasteiger partial charge in [0.1, 0.15) is 0 Å². The van der Waals surface area contributed by atoms with Gasteiger partial charge in [-0.25, -0.2) is 13.1 Å². The number of carbonyl (C=O) groups is 1. The highest BCUT2D eigenvalue weighted by Gasteiger charge is 2.41. The van der Waals surface area contributed by atoms with E-state index >= 15 is 0 Å². The van der Waals surface area contributed by atoms with Crippen LogP contribution in [0.4, 0.5) is 0 Å².